The van der Waals surface area contributed by atoms with Gasteiger partial charge in [-0.3, -0.25) is 4.79 Å². The van der Waals surface area contributed by atoms with E-state index >= 15 is 0 Å². The van der Waals surface area contributed by atoms with Gasteiger partial charge in [0.05, 0.1) is 0 Å². The fraction of sp³-hybridized carbons (Fsp3) is 0.667. The van der Waals surface area contributed by atoms with Gasteiger partial charge in [-0.15, -0.1) is 0 Å². The van der Waals surface area contributed by atoms with E-state index < -0.39 is 0 Å². The Kier molecular flexibility index (Phi) is 8.60. The van der Waals surface area contributed by atoms with E-state index in [2.05, 4.69) is 10.6 Å². The molecule has 0 aliphatic rings. The number of allylic oxidation sites excluding steroid dienone is 1. The number of carbonyl (C=O) groups is 1. The first-order valence-electron chi connectivity index (χ1n) is 4.66. The first-order chi connectivity index (χ1) is 6.31. The molecule has 0 aromatic rings. The Morgan fingerprint density at radius 1 is 1.38 bits per heavy atom. The van der Waals surface area contributed by atoms with Crippen LogP contribution in [0.3, 0.4) is 0 Å². The third-order valence-corrected chi connectivity index (χ3v) is 1.43. The Morgan fingerprint density at radius 2 is 2.15 bits per heavy atom. The van der Waals surface area contributed by atoms with Crippen molar-refractivity contribution >= 4 is 5.91 Å². The summed E-state index contributed by atoms with van der Waals surface area (Å²) >= 11 is 0. The van der Waals surface area contributed by atoms with E-state index in [1.807, 2.05) is 13.0 Å². The van der Waals surface area contributed by atoms with Gasteiger partial charge in [0.2, 0.25) is 5.91 Å². The zero-order valence-electron chi connectivity index (χ0n) is 8.18. The number of nitrogens with two attached hydrogens (primary N) is 1. The van der Waals surface area contributed by atoms with E-state index in [9.17, 15) is 4.79 Å². The van der Waals surface area contributed by atoms with E-state index in [4.69, 9.17) is 5.73 Å². The van der Waals surface area contributed by atoms with Crippen molar-refractivity contribution in [2.45, 2.75) is 13.3 Å². The fourth-order valence-corrected chi connectivity index (χ4v) is 0.785. The molecule has 0 bridgehead atoms. The molecule has 0 fully saturated rings. The average Bonchev–Trinajstić information content (AvgIpc) is 2.14. The summed E-state index contributed by atoms with van der Waals surface area (Å²) in [6.07, 6.45) is 4.28. The van der Waals surface area contributed by atoms with Gasteiger partial charge in [0, 0.05) is 26.2 Å². The van der Waals surface area contributed by atoms with Gasteiger partial charge in [-0.05, 0) is 12.5 Å². The molecule has 0 atom stereocenters. The van der Waals surface area contributed by atoms with Crippen molar-refractivity contribution in [2.75, 3.05) is 26.2 Å². The lowest BCUT2D eigenvalue weighted by Gasteiger charge is -2.02. The molecular formula is C9H19N3O. The molecule has 0 unspecified atom stereocenters. The van der Waals surface area contributed by atoms with Gasteiger partial charge in [-0.25, -0.2) is 0 Å². The maximum Gasteiger partial charge on any atom is 0.243 e. The Bertz CT molecular complexity index is 157. The van der Waals surface area contributed by atoms with Crippen LogP contribution < -0.4 is 16.4 Å². The van der Waals surface area contributed by atoms with Crippen molar-refractivity contribution in [3.05, 3.63) is 12.2 Å². The van der Waals surface area contributed by atoms with E-state index in [1.165, 1.54) is 0 Å². The highest BCUT2D eigenvalue weighted by molar-refractivity contribution is 5.87. The van der Waals surface area contributed by atoms with Crippen LogP contribution >= 0.6 is 0 Å². The van der Waals surface area contributed by atoms with E-state index in [0.717, 1.165) is 19.5 Å². The highest BCUT2D eigenvalue weighted by Gasteiger charge is 1.91. The molecule has 0 saturated heterocycles. The minimum absolute atomic E-state index is 0.0311. The van der Waals surface area contributed by atoms with Gasteiger partial charge in [0.1, 0.15) is 0 Å². The topological polar surface area (TPSA) is 67.2 Å². The molecule has 0 aromatic carbocycles. The summed E-state index contributed by atoms with van der Waals surface area (Å²) in [5.41, 5.74) is 5.28. The van der Waals surface area contributed by atoms with Gasteiger partial charge in [0.25, 0.3) is 0 Å². The number of amides is 1. The van der Waals surface area contributed by atoms with E-state index in [1.54, 1.807) is 6.08 Å². The molecule has 1 amide bonds. The highest BCUT2D eigenvalue weighted by atomic mass is 16.1. The first kappa shape index (κ1) is 12.1. The molecule has 0 heterocycles. The summed E-state index contributed by atoms with van der Waals surface area (Å²) in [7, 11) is 0. The van der Waals surface area contributed by atoms with Crippen LogP contribution in [0.4, 0.5) is 0 Å². The van der Waals surface area contributed by atoms with E-state index in [0.29, 0.717) is 13.1 Å². The second kappa shape index (κ2) is 9.22. The molecule has 4 nitrogen and oxygen atoms in total. The van der Waals surface area contributed by atoms with Crippen molar-refractivity contribution in [2.24, 2.45) is 5.73 Å². The van der Waals surface area contributed by atoms with Crippen molar-refractivity contribution in [1.82, 2.24) is 10.6 Å². The lowest BCUT2D eigenvalue weighted by molar-refractivity contribution is -0.116. The van der Waals surface area contributed by atoms with Crippen LogP contribution in [0.15, 0.2) is 12.2 Å². The molecule has 0 spiro atoms. The number of hydrogen-bond donors (Lipinski definition) is 3. The molecule has 13 heavy (non-hydrogen) atoms. The first-order valence-corrected chi connectivity index (χ1v) is 4.66. The summed E-state index contributed by atoms with van der Waals surface area (Å²) in [5, 5.41) is 5.83. The minimum atomic E-state index is -0.0311. The molecular weight excluding hydrogens is 166 g/mol. The zero-order chi connectivity index (χ0) is 9.94. The lowest BCUT2D eigenvalue weighted by Crippen LogP contribution is -2.33. The quantitative estimate of drug-likeness (QED) is 0.374. The van der Waals surface area contributed by atoms with Gasteiger partial charge in [-0.1, -0.05) is 13.0 Å². The molecule has 0 saturated carbocycles. The summed E-state index contributed by atoms with van der Waals surface area (Å²) < 4.78 is 0. The maximum absolute atomic E-state index is 11.0. The SMILES string of the molecule is CCC=CC(=O)NCCNCCN. The van der Waals surface area contributed by atoms with Crippen LogP contribution in [0, 0.1) is 0 Å². The van der Waals surface area contributed by atoms with Crippen LogP contribution in [0.5, 0.6) is 0 Å². The number of carbonyl (C=O) groups excluding carboxylic acids is 1. The highest BCUT2D eigenvalue weighted by Crippen LogP contribution is 1.78. The minimum Gasteiger partial charge on any atom is -0.351 e. The molecule has 76 valence electrons. The van der Waals surface area contributed by atoms with Crippen molar-refractivity contribution in [3.63, 3.8) is 0 Å². The second-order valence-corrected chi connectivity index (χ2v) is 2.64. The van der Waals surface area contributed by atoms with Gasteiger partial charge in [0.15, 0.2) is 0 Å². The third kappa shape index (κ3) is 9.04. The third-order valence-electron chi connectivity index (χ3n) is 1.43. The van der Waals surface area contributed by atoms with Crippen LogP contribution in [0.2, 0.25) is 0 Å². The number of hydrogen-bond acceptors (Lipinski definition) is 3. The molecule has 0 aliphatic heterocycles. The van der Waals surface area contributed by atoms with Crippen molar-refractivity contribution in [1.29, 1.82) is 0 Å². The average molecular weight is 185 g/mol. The number of rotatable bonds is 7. The van der Waals surface area contributed by atoms with Crippen LogP contribution in [-0.2, 0) is 4.79 Å². The Labute approximate surface area is 79.6 Å². The largest absolute Gasteiger partial charge is 0.351 e. The maximum atomic E-state index is 11.0. The lowest BCUT2D eigenvalue weighted by atomic mass is 10.4. The van der Waals surface area contributed by atoms with Gasteiger partial charge in [-0.2, -0.15) is 0 Å². The van der Waals surface area contributed by atoms with E-state index in [-0.39, 0.29) is 5.91 Å². The second-order valence-electron chi connectivity index (χ2n) is 2.64. The van der Waals surface area contributed by atoms with Crippen LogP contribution in [-0.4, -0.2) is 32.1 Å². The van der Waals surface area contributed by atoms with Gasteiger partial charge >= 0.3 is 0 Å². The summed E-state index contributed by atoms with van der Waals surface area (Å²) in [6.45, 7) is 4.83. The Hall–Kier alpha value is -0.870. The standard InChI is InChI=1S/C9H19N3O/c1-2-3-4-9(13)12-8-7-11-6-5-10/h3-4,11H,2,5-8,10H2,1H3,(H,12,13). The molecule has 0 aromatic heterocycles. The van der Waals surface area contributed by atoms with Crippen molar-refractivity contribution < 1.29 is 4.79 Å². The zero-order valence-corrected chi connectivity index (χ0v) is 8.18. The Morgan fingerprint density at radius 3 is 2.77 bits per heavy atom. The molecule has 0 rings (SSSR count). The smallest absolute Gasteiger partial charge is 0.243 e. The predicted molar refractivity (Wildman–Crippen MR) is 54.4 cm³/mol. The molecule has 4 heteroatoms. The van der Waals surface area contributed by atoms with Gasteiger partial charge < -0.3 is 16.4 Å². The summed E-state index contributed by atoms with van der Waals surface area (Å²) in [5.74, 6) is -0.0311. The molecule has 4 N–H and O–H groups in total. The monoisotopic (exact) mass is 185 g/mol. The fourth-order valence-electron chi connectivity index (χ4n) is 0.785. The summed E-state index contributed by atoms with van der Waals surface area (Å²) in [6, 6.07) is 0. The van der Waals surface area contributed by atoms with Crippen LogP contribution in [0.1, 0.15) is 13.3 Å². The molecule has 0 aliphatic carbocycles. The van der Waals surface area contributed by atoms with Crippen LogP contribution in [0.25, 0.3) is 0 Å². The number of nitrogens with one attached hydrogen (secondary N) is 2. The predicted octanol–water partition coefficient (Wildman–Crippen LogP) is -0.383. The summed E-state index contributed by atoms with van der Waals surface area (Å²) in [4.78, 5) is 11.0. The van der Waals surface area contributed by atoms with Crippen molar-refractivity contribution in [3.8, 4) is 0 Å². The normalized spacial score (nSPS) is 10.6. The molecule has 0 radical (unpaired) electrons. The Balaban J connectivity index is 3.22.